The van der Waals surface area contributed by atoms with Crippen molar-refractivity contribution in [2.24, 2.45) is 5.10 Å². The number of aromatic nitrogens is 1. The zero-order valence-electron chi connectivity index (χ0n) is 11.3. The number of hydrogen-bond donors (Lipinski definition) is 3. The molecule has 5 nitrogen and oxygen atoms in total. The summed E-state index contributed by atoms with van der Waals surface area (Å²) in [7, 11) is 1.63. The van der Waals surface area contributed by atoms with Crippen molar-refractivity contribution in [3.05, 3.63) is 48.3 Å². The maximum absolute atomic E-state index is 5.17. The van der Waals surface area contributed by atoms with Crippen molar-refractivity contribution in [2.45, 2.75) is 6.92 Å². The molecule has 0 spiro atoms. The Balaban J connectivity index is 1.90. The minimum Gasteiger partial charge on any atom is -0.497 e. The molecule has 0 saturated heterocycles. The normalized spacial score (nSPS) is 11.0. The first-order valence-electron chi connectivity index (χ1n) is 6.08. The van der Waals surface area contributed by atoms with Crippen molar-refractivity contribution in [1.82, 2.24) is 10.4 Å². The van der Waals surface area contributed by atoms with E-state index < -0.39 is 0 Å². The standard InChI is InChI=1S/C14H16N4OS/c1-10(13-4-3-9-15-13)17-18-14(20)16-11-5-7-12(19-2)8-6-11/h3-9,15H,1-2H3,(H2,16,18,20)/b17-10+. The number of ether oxygens (including phenoxy) is 1. The second-order valence-corrected chi connectivity index (χ2v) is 4.48. The van der Waals surface area contributed by atoms with E-state index in [1.165, 1.54) is 0 Å². The smallest absolute Gasteiger partial charge is 0.191 e. The van der Waals surface area contributed by atoms with Crippen molar-refractivity contribution in [1.29, 1.82) is 0 Å². The zero-order valence-corrected chi connectivity index (χ0v) is 12.1. The topological polar surface area (TPSA) is 61.4 Å². The Kier molecular flexibility index (Phi) is 4.73. The number of nitrogens with one attached hydrogen (secondary N) is 3. The van der Waals surface area contributed by atoms with Crippen molar-refractivity contribution >= 4 is 28.7 Å². The van der Waals surface area contributed by atoms with Gasteiger partial charge in [0, 0.05) is 11.9 Å². The molecular weight excluding hydrogens is 272 g/mol. The summed E-state index contributed by atoms with van der Waals surface area (Å²) in [5.41, 5.74) is 5.45. The molecule has 1 aromatic heterocycles. The van der Waals surface area contributed by atoms with Crippen molar-refractivity contribution in [3.8, 4) is 5.75 Å². The van der Waals surface area contributed by atoms with Crippen LogP contribution in [0.25, 0.3) is 0 Å². The number of rotatable bonds is 4. The minimum absolute atomic E-state index is 0.432. The molecule has 3 N–H and O–H groups in total. The number of aromatic amines is 1. The minimum atomic E-state index is 0.432. The van der Waals surface area contributed by atoms with Crippen molar-refractivity contribution in [2.75, 3.05) is 12.4 Å². The highest BCUT2D eigenvalue weighted by Crippen LogP contribution is 2.14. The molecule has 0 bridgehead atoms. The lowest BCUT2D eigenvalue weighted by Gasteiger charge is -2.08. The van der Waals surface area contributed by atoms with Gasteiger partial charge in [0.15, 0.2) is 5.11 Å². The predicted octanol–water partition coefficient (Wildman–Crippen LogP) is 2.73. The first-order valence-corrected chi connectivity index (χ1v) is 6.49. The predicted molar refractivity (Wildman–Crippen MR) is 85.4 cm³/mol. The molecule has 0 radical (unpaired) electrons. The average molecular weight is 288 g/mol. The van der Waals surface area contributed by atoms with Crippen molar-refractivity contribution < 1.29 is 4.74 Å². The Hall–Kier alpha value is -2.34. The molecule has 104 valence electrons. The SMILES string of the molecule is COc1ccc(NC(=S)N/N=C(\C)c2ccc[nH]2)cc1. The molecule has 0 saturated carbocycles. The quantitative estimate of drug-likeness (QED) is 0.460. The van der Waals surface area contributed by atoms with E-state index in [4.69, 9.17) is 17.0 Å². The Bertz CT molecular complexity index is 590. The third-order valence-corrected chi connectivity index (χ3v) is 2.85. The lowest BCUT2D eigenvalue weighted by atomic mass is 10.3. The van der Waals surface area contributed by atoms with Gasteiger partial charge >= 0.3 is 0 Å². The van der Waals surface area contributed by atoms with Crippen LogP contribution in [-0.2, 0) is 0 Å². The highest BCUT2D eigenvalue weighted by molar-refractivity contribution is 7.80. The fraction of sp³-hybridized carbons (Fsp3) is 0.143. The van der Waals surface area contributed by atoms with Gasteiger partial charge in [0.2, 0.25) is 0 Å². The molecule has 0 aliphatic heterocycles. The highest BCUT2D eigenvalue weighted by Gasteiger charge is 1.99. The van der Waals surface area contributed by atoms with Crippen LogP contribution in [0.3, 0.4) is 0 Å². The Morgan fingerprint density at radius 3 is 2.60 bits per heavy atom. The number of hydrogen-bond acceptors (Lipinski definition) is 3. The Morgan fingerprint density at radius 1 is 1.25 bits per heavy atom. The van der Waals surface area contributed by atoms with Crippen LogP contribution in [0.2, 0.25) is 0 Å². The van der Waals surface area contributed by atoms with E-state index in [1.807, 2.05) is 49.5 Å². The van der Waals surface area contributed by atoms with E-state index in [-0.39, 0.29) is 0 Å². The van der Waals surface area contributed by atoms with Gasteiger partial charge < -0.3 is 15.0 Å². The van der Waals surface area contributed by atoms with Crippen LogP contribution in [0.5, 0.6) is 5.75 Å². The second-order valence-electron chi connectivity index (χ2n) is 4.08. The largest absolute Gasteiger partial charge is 0.497 e. The van der Waals surface area contributed by atoms with E-state index in [2.05, 4.69) is 20.8 Å². The summed E-state index contributed by atoms with van der Waals surface area (Å²) in [6, 6.07) is 11.3. The molecule has 2 aromatic rings. The molecular formula is C14H16N4OS. The molecule has 0 aliphatic rings. The maximum Gasteiger partial charge on any atom is 0.191 e. The Labute approximate surface area is 123 Å². The molecule has 2 rings (SSSR count). The fourth-order valence-electron chi connectivity index (χ4n) is 1.58. The number of benzene rings is 1. The van der Waals surface area contributed by atoms with E-state index in [9.17, 15) is 0 Å². The highest BCUT2D eigenvalue weighted by atomic mass is 32.1. The van der Waals surface area contributed by atoms with Crippen LogP contribution in [0.1, 0.15) is 12.6 Å². The third kappa shape index (κ3) is 3.83. The summed E-state index contributed by atoms with van der Waals surface area (Å²) in [5.74, 6) is 0.801. The molecule has 0 amide bonds. The van der Waals surface area contributed by atoms with Crippen LogP contribution in [0.4, 0.5) is 5.69 Å². The van der Waals surface area contributed by atoms with Crippen LogP contribution in [0, 0.1) is 0 Å². The van der Waals surface area contributed by atoms with Crippen LogP contribution < -0.4 is 15.5 Å². The van der Waals surface area contributed by atoms with Gasteiger partial charge in [-0.15, -0.1) is 0 Å². The van der Waals surface area contributed by atoms with Gasteiger partial charge in [0.05, 0.1) is 18.5 Å². The number of hydrazone groups is 1. The van der Waals surface area contributed by atoms with E-state index in [1.54, 1.807) is 7.11 Å². The van der Waals surface area contributed by atoms with Crippen LogP contribution in [0.15, 0.2) is 47.7 Å². The number of methoxy groups -OCH3 is 1. The molecule has 0 unspecified atom stereocenters. The molecule has 1 aromatic carbocycles. The summed E-state index contributed by atoms with van der Waals surface area (Å²) in [6.45, 7) is 1.90. The van der Waals surface area contributed by atoms with Crippen LogP contribution in [-0.4, -0.2) is 22.9 Å². The summed E-state index contributed by atoms with van der Waals surface area (Å²) >= 11 is 5.17. The van der Waals surface area contributed by atoms with Gasteiger partial charge in [-0.05, 0) is 55.5 Å². The van der Waals surface area contributed by atoms with E-state index >= 15 is 0 Å². The summed E-state index contributed by atoms with van der Waals surface area (Å²) < 4.78 is 5.09. The molecule has 0 aliphatic carbocycles. The first-order chi connectivity index (χ1) is 9.69. The molecule has 20 heavy (non-hydrogen) atoms. The average Bonchev–Trinajstić information content (AvgIpc) is 3.00. The molecule has 0 fully saturated rings. The lowest BCUT2D eigenvalue weighted by molar-refractivity contribution is 0.415. The lowest BCUT2D eigenvalue weighted by Crippen LogP contribution is -2.24. The number of nitrogens with zero attached hydrogens (tertiary/aromatic N) is 1. The van der Waals surface area contributed by atoms with Gasteiger partial charge in [-0.2, -0.15) is 5.10 Å². The van der Waals surface area contributed by atoms with E-state index in [0.29, 0.717) is 5.11 Å². The maximum atomic E-state index is 5.17. The van der Waals surface area contributed by atoms with Crippen molar-refractivity contribution in [3.63, 3.8) is 0 Å². The summed E-state index contributed by atoms with van der Waals surface area (Å²) in [4.78, 5) is 3.07. The molecule has 6 heteroatoms. The van der Waals surface area contributed by atoms with Gasteiger partial charge in [0.25, 0.3) is 0 Å². The Morgan fingerprint density at radius 2 is 2.00 bits per heavy atom. The van der Waals surface area contributed by atoms with Gasteiger partial charge in [0.1, 0.15) is 5.75 Å². The first kappa shape index (κ1) is 14.1. The number of anilines is 1. The monoisotopic (exact) mass is 288 g/mol. The number of H-pyrrole nitrogens is 1. The van der Waals surface area contributed by atoms with Crippen LogP contribution >= 0.6 is 12.2 Å². The fourth-order valence-corrected chi connectivity index (χ4v) is 1.75. The third-order valence-electron chi connectivity index (χ3n) is 2.66. The zero-order chi connectivity index (χ0) is 14.4. The van der Waals surface area contributed by atoms with Gasteiger partial charge in [-0.3, -0.25) is 5.43 Å². The molecule has 1 heterocycles. The van der Waals surface area contributed by atoms with E-state index in [0.717, 1.165) is 22.8 Å². The van der Waals surface area contributed by atoms with Gasteiger partial charge in [-0.25, -0.2) is 0 Å². The molecule has 0 atom stereocenters. The van der Waals surface area contributed by atoms with Gasteiger partial charge in [-0.1, -0.05) is 0 Å². The second kappa shape index (κ2) is 6.72. The number of thiocarbonyl (C=S) groups is 1. The summed E-state index contributed by atoms with van der Waals surface area (Å²) in [5, 5.41) is 7.68. The summed E-state index contributed by atoms with van der Waals surface area (Å²) in [6.07, 6.45) is 1.85.